The maximum atomic E-state index is 15.4. The SMILES string of the molecule is COc1ccc([C@@]23C(=O)N(Nc4ccc(Cl)cc4Cl)C(=O)[C@@H]2C[C@@H]2C(=CCn4c(=O)n(-c5ccccc5)c(=O)n42)[C@@H]3c2ccc(OCCO)cc2)cc1. The Kier molecular flexibility index (Phi) is 8.76. The number of imide groups is 1. The monoisotopic (exact) mass is 753 g/mol. The van der Waals surface area contributed by atoms with E-state index >= 15 is 4.79 Å². The van der Waals surface area contributed by atoms with Crippen LogP contribution in [0.25, 0.3) is 5.69 Å². The van der Waals surface area contributed by atoms with Crippen LogP contribution in [0, 0.1) is 5.92 Å². The van der Waals surface area contributed by atoms with Gasteiger partial charge in [0.15, 0.2) is 0 Å². The summed E-state index contributed by atoms with van der Waals surface area (Å²) < 4.78 is 15.1. The Labute approximate surface area is 312 Å². The van der Waals surface area contributed by atoms with Crippen LogP contribution in [0.5, 0.6) is 11.5 Å². The van der Waals surface area contributed by atoms with Crippen LogP contribution in [0.1, 0.15) is 29.5 Å². The van der Waals surface area contributed by atoms with Crippen LogP contribution in [0.4, 0.5) is 5.69 Å². The van der Waals surface area contributed by atoms with Gasteiger partial charge in [-0.25, -0.2) is 23.5 Å². The van der Waals surface area contributed by atoms with E-state index in [-0.39, 0.29) is 31.2 Å². The van der Waals surface area contributed by atoms with Crippen LogP contribution >= 0.6 is 23.2 Å². The number of nitrogens with zero attached hydrogens (tertiary/aromatic N) is 4. The van der Waals surface area contributed by atoms with E-state index in [9.17, 15) is 19.5 Å². The van der Waals surface area contributed by atoms with Crippen molar-refractivity contribution in [3.05, 3.63) is 151 Å². The van der Waals surface area contributed by atoms with Crippen LogP contribution in [-0.4, -0.2) is 56.2 Å². The lowest BCUT2D eigenvalue weighted by Crippen LogP contribution is -2.53. The molecule has 2 aliphatic heterocycles. The standard InChI is InChI=1S/C39H33Cl2N5O7/c1-52-27-14-9-24(10-15-27)39-30(35(48)45(36(39)49)42-32-16-11-25(40)21-31(32)41)22-33-29(34(39)23-7-12-28(13-8-23)53-20-19-47)17-18-43-37(50)44(38(51)46(33)43)26-5-3-2-4-6-26/h2-17,21,30,33-34,42,47H,18-20,22H2,1H3/t30-,33+,34-,39+/m0/s1. The molecule has 14 heteroatoms. The molecule has 0 spiro atoms. The number of aliphatic hydroxyl groups is 1. The van der Waals surface area contributed by atoms with Crippen molar-refractivity contribution in [1.82, 2.24) is 18.9 Å². The molecule has 1 aliphatic carbocycles. The highest BCUT2D eigenvalue weighted by atomic mass is 35.5. The first-order chi connectivity index (χ1) is 25.7. The number of rotatable bonds is 9. The minimum atomic E-state index is -1.53. The van der Waals surface area contributed by atoms with E-state index in [1.807, 2.05) is 18.2 Å². The minimum absolute atomic E-state index is 0.0291. The Bertz CT molecular complexity index is 2390. The first kappa shape index (κ1) is 34.5. The van der Waals surface area contributed by atoms with E-state index < -0.39 is 46.5 Å². The third-order valence-corrected chi connectivity index (χ3v) is 11.0. The molecule has 0 unspecified atom stereocenters. The Balaban J connectivity index is 1.36. The van der Waals surface area contributed by atoms with E-state index in [1.165, 1.54) is 15.4 Å². The molecule has 3 heterocycles. The van der Waals surface area contributed by atoms with Crippen LogP contribution < -0.4 is 26.3 Å². The Hall–Kier alpha value is -5.56. The van der Waals surface area contributed by atoms with Crippen molar-refractivity contribution in [2.24, 2.45) is 5.92 Å². The molecule has 4 aromatic carbocycles. The zero-order chi connectivity index (χ0) is 37.0. The van der Waals surface area contributed by atoms with E-state index in [0.29, 0.717) is 44.6 Å². The summed E-state index contributed by atoms with van der Waals surface area (Å²) in [6.45, 7) is -0.0211. The fourth-order valence-corrected chi connectivity index (χ4v) is 8.65. The van der Waals surface area contributed by atoms with Gasteiger partial charge in [0.25, 0.3) is 11.8 Å². The second-order valence-corrected chi connectivity index (χ2v) is 13.9. The Morgan fingerprint density at radius 1 is 0.887 bits per heavy atom. The van der Waals surface area contributed by atoms with E-state index in [4.69, 9.17) is 32.7 Å². The molecule has 0 bridgehead atoms. The van der Waals surface area contributed by atoms with Crippen molar-refractivity contribution in [2.75, 3.05) is 25.7 Å². The minimum Gasteiger partial charge on any atom is -0.497 e. The number of benzene rings is 4. The van der Waals surface area contributed by atoms with Crippen LogP contribution in [-0.2, 0) is 21.5 Å². The number of methoxy groups -OCH3 is 1. The molecule has 3 aliphatic rings. The number of hydrogen-bond donors (Lipinski definition) is 2. The van der Waals surface area contributed by atoms with E-state index in [0.717, 1.165) is 9.58 Å². The summed E-state index contributed by atoms with van der Waals surface area (Å²) in [5.41, 5.74) is 3.05. The molecule has 1 aromatic heterocycles. The fraction of sp³-hybridized carbons (Fsp3) is 0.231. The van der Waals surface area contributed by atoms with Crippen LogP contribution in [0.2, 0.25) is 10.0 Å². The topological polar surface area (TPSA) is 137 Å². The number of para-hydroxylation sites is 1. The first-order valence-electron chi connectivity index (χ1n) is 17.0. The summed E-state index contributed by atoms with van der Waals surface area (Å²) in [6.07, 6.45) is 1.92. The molecule has 5 aromatic rings. The summed E-state index contributed by atoms with van der Waals surface area (Å²) in [6, 6.07) is 26.8. The van der Waals surface area contributed by atoms with Gasteiger partial charge >= 0.3 is 11.4 Å². The lowest BCUT2D eigenvalue weighted by molar-refractivity contribution is -0.138. The predicted molar refractivity (Wildman–Crippen MR) is 198 cm³/mol. The van der Waals surface area contributed by atoms with Gasteiger partial charge in [0.05, 0.1) is 54.0 Å². The fourth-order valence-electron chi connectivity index (χ4n) is 8.20. The molecule has 4 atom stereocenters. The van der Waals surface area contributed by atoms with Gasteiger partial charge in [0.2, 0.25) is 0 Å². The van der Waals surface area contributed by atoms with E-state index in [2.05, 4.69) is 5.43 Å². The lowest BCUT2D eigenvalue weighted by atomic mass is 9.53. The zero-order valence-corrected chi connectivity index (χ0v) is 29.8. The van der Waals surface area contributed by atoms with E-state index in [1.54, 1.807) is 86.0 Å². The number of amides is 2. The highest BCUT2D eigenvalue weighted by Crippen LogP contribution is 2.62. The van der Waals surface area contributed by atoms with Gasteiger partial charge in [-0.1, -0.05) is 71.7 Å². The largest absolute Gasteiger partial charge is 0.497 e. The van der Waals surface area contributed by atoms with Gasteiger partial charge in [-0.15, -0.1) is 0 Å². The van der Waals surface area contributed by atoms with Crippen molar-refractivity contribution in [2.45, 2.75) is 30.3 Å². The highest BCUT2D eigenvalue weighted by Gasteiger charge is 2.68. The Morgan fingerprint density at radius 2 is 1.60 bits per heavy atom. The number of hydrazine groups is 1. The van der Waals surface area contributed by atoms with Gasteiger partial charge in [-0.3, -0.25) is 15.0 Å². The van der Waals surface area contributed by atoms with Gasteiger partial charge in [-0.05, 0) is 77.7 Å². The first-order valence-corrected chi connectivity index (χ1v) is 17.7. The quantitative estimate of drug-likeness (QED) is 0.157. The Morgan fingerprint density at radius 3 is 2.28 bits per heavy atom. The lowest BCUT2D eigenvalue weighted by Gasteiger charge is -2.49. The number of halogens is 2. The van der Waals surface area contributed by atoms with Crippen molar-refractivity contribution in [3.8, 4) is 17.2 Å². The molecule has 2 amide bonds. The maximum Gasteiger partial charge on any atom is 0.352 e. The molecule has 2 N–H and O–H groups in total. The number of carbonyl (C=O) groups is 2. The molecular weight excluding hydrogens is 721 g/mol. The summed E-state index contributed by atoms with van der Waals surface area (Å²) in [7, 11) is 1.54. The molecule has 270 valence electrons. The van der Waals surface area contributed by atoms with Gasteiger partial charge in [-0.2, -0.15) is 5.01 Å². The second kappa shape index (κ2) is 13.4. The number of fused-ring (bicyclic) bond motifs is 4. The molecule has 53 heavy (non-hydrogen) atoms. The van der Waals surface area contributed by atoms with Gasteiger partial charge in [0, 0.05) is 10.9 Å². The third kappa shape index (κ3) is 5.39. The number of carbonyl (C=O) groups excluding carboxylic acids is 2. The van der Waals surface area contributed by atoms with Gasteiger partial charge < -0.3 is 14.6 Å². The van der Waals surface area contributed by atoms with Crippen molar-refractivity contribution in [1.29, 1.82) is 0 Å². The van der Waals surface area contributed by atoms with Crippen molar-refractivity contribution >= 4 is 40.7 Å². The number of allylic oxidation sites excluding steroid dienone is 2. The predicted octanol–water partition coefficient (Wildman–Crippen LogP) is 5.11. The smallest absolute Gasteiger partial charge is 0.352 e. The summed E-state index contributed by atoms with van der Waals surface area (Å²) >= 11 is 12.7. The average molecular weight is 755 g/mol. The molecule has 12 nitrogen and oxygen atoms in total. The normalized spacial score (nSPS) is 21.8. The summed E-state index contributed by atoms with van der Waals surface area (Å²) in [5, 5.41) is 10.9. The number of anilines is 1. The summed E-state index contributed by atoms with van der Waals surface area (Å²) in [4.78, 5) is 58.4. The molecule has 1 saturated heterocycles. The third-order valence-electron chi connectivity index (χ3n) is 10.4. The molecule has 0 radical (unpaired) electrons. The second-order valence-electron chi connectivity index (χ2n) is 13.1. The van der Waals surface area contributed by atoms with Crippen molar-refractivity contribution in [3.63, 3.8) is 0 Å². The van der Waals surface area contributed by atoms with Crippen molar-refractivity contribution < 1.29 is 24.2 Å². The number of aromatic nitrogens is 3. The van der Waals surface area contributed by atoms with Gasteiger partial charge in [0.1, 0.15) is 18.1 Å². The molecule has 2 fully saturated rings. The number of ether oxygens (including phenoxy) is 2. The van der Waals surface area contributed by atoms with Crippen LogP contribution in [0.15, 0.2) is 118 Å². The maximum absolute atomic E-state index is 15.4. The van der Waals surface area contributed by atoms with Crippen LogP contribution in [0.3, 0.4) is 0 Å². The average Bonchev–Trinajstić information content (AvgIpc) is 3.56. The number of nitrogens with one attached hydrogen (secondary N) is 1. The molecular formula is C39H33Cl2N5O7. The number of aliphatic hydroxyl groups excluding tert-OH is 1. The number of hydrogen-bond acceptors (Lipinski definition) is 8. The zero-order valence-electron chi connectivity index (χ0n) is 28.3. The summed E-state index contributed by atoms with van der Waals surface area (Å²) in [5.74, 6) is -1.81. The molecule has 1 saturated carbocycles. The highest BCUT2D eigenvalue weighted by molar-refractivity contribution is 6.36. The molecule has 8 rings (SSSR count).